The molecule has 0 radical (unpaired) electrons. The largest absolute Gasteiger partial charge is 0.478 e. The number of Topliss-reactive ketones (excluding diaryl/α,β-unsaturated/α-hetero) is 1. The Balaban J connectivity index is 1.40. The number of ketones is 1. The molecular weight excluding hydrogens is 434 g/mol. The number of nitrogens with zero attached hydrogens (tertiary/aromatic N) is 1. The average molecular weight is 455 g/mol. The highest BCUT2D eigenvalue weighted by atomic mass is 32.2. The third-order valence-electron chi connectivity index (χ3n) is 6.00. The van der Waals surface area contributed by atoms with Crippen molar-refractivity contribution < 1.29 is 32.2 Å². The monoisotopic (exact) mass is 455 g/mol. The van der Waals surface area contributed by atoms with Crippen molar-refractivity contribution in [3.63, 3.8) is 0 Å². The molecule has 1 saturated heterocycles. The SMILES string of the molecule is COC(=O)c1ccc(/C=C2/Oc3c(ccc4c3CN(C3CCS(=O)(=O)C3)CO4)C2=O)cc1. The normalized spacial score (nSPS) is 22.7. The van der Waals surface area contributed by atoms with Crippen LogP contribution in [-0.2, 0) is 21.1 Å². The lowest BCUT2D eigenvalue weighted by Crippen LogP contribution is -2.41. The van der Waals surface area contributed by atoms with E-state index in [2.05, 4.69) is 0 Å². The Kier molecular flexibility index (Phi) is 5.02. The van der Waals surface area contributed by atoms with Crippen LogP contribution < -0.4 is 9.47 Å². The van der Waals surface area contributed by atoms with Gasteiger partial charge in [-0.3, -0.25) is 9.69 Å². The van der Waals surface area contributed by atoms with Crippen LogP contribution in [-0.4, -0.2) is 56.5 Å². The Morgan fingerprint density at radius 2 is 1.97 bits per heavy atom. The number of allylic oxidation sites excluding steroid dienone is 1. The van der Waals surface area contributed by atoms with Crippen molar-refractivity contribution in [2.45, 2.75) is 19.0 Å². The first-order valence-electron chi connectivity index (χ1n) is 10.2. The van der Waals surface area contributed by atoms with E-state index in [4.69, 9.17) is 14.2 Å². The van der Waals surface area contributed by atoms with Gasteiger partial charge in [0.2, 0.25) is 5.78 Å². The van der Waals surface area contributed by atoms with Crippen LogP contribution in [0, 0.1) is 0 Å². The zero-order valence-electron chi connectivity index (χ0n) is 17.4. The van der Waals surface area contributed by atoms with Crippen molar-refractivity contribution in [2.75, 3.05) is 25.3 Å². The third-order valence-corrected chi connectivity index (χ3v) is 7.75. The molecule has 5 rings (SSSR count). The van der Waals surface area contributed by atoms with E-state index in [0.29, 0.717) is 47.9 Å². The van der Waals surface area contributed by atoms with Crippen LogP contribution >= 0.6 is 0 Å². The minimum Gasteiger partial charge on any atom is -0.478 e. The van der Waals surface area contributed by atoms with Gasteiger partial charge in [-0.1, -0.05) is 12.1 Å². The number of benzene rings is 2. The second-order valence-electron chi connectivity index (χ2n) is 8.05. The fourth-order valence-corrected chi connectivity index (χ4v) is 6.02. The molecule has 9 heteroatoms. The van der Waals surface area contributed by atoms with Crippen LogP contribution in [0.5, 0.6) is 11.5 Å². The molecule has 166 valence electrons. The van der Waals surface area contributed by atoms with Crippen molar-refractivity contribution >= 4 is 27.7 Å². The van der Waals surface area contributed by atoms with Gasteiger partial charge in [0.1, 0.15) is 18.2 Å². The standard InChI is InChI=1S/C23H21NO7S/c1-29-23(26)15-4-2-14(3-5-15)10-20-21(25)17-6-7-19-18(22(17)31-20)11-24(13-30-19)16-8-9-32(27,28)12-16/h2-7,10,16H,8-9,11-13H2,1H3/b20-10+. The number of carbonyl (C=O) groups is 2. The molecule has 2 aromatic carbocycles. The van der Waals surface area contributed by atoms with E-state index in [9.17, 15) is 18.0 Å². The number of ether oxygens (including phenoxy) is 3. The number of hydrogen-bond donors (Lipinski definition) is 0. The number of esters is 1. The molecule has 0 saturated carbocycles. The minimum atomic E-state index is -3.02. The zero-order chi connectivity index (χ0) is 22.5. The first-order valence-corrected chi connectivity index (χ1v) is 12.0. The smallest absolute Gasteiger partial charge is 0.337 e. The molecule has 0 amide bonds. The highest BCUT2D eigenvalue weighted by molar-refractivity contribution is 7.91. The van der Waals surface area contributed by atoms with E-state index in [1.54, 1.807) is 42.5 Å². The molecule has 3 heterocycles. The Bertz CT molecular complexity index is 1250. The van der Waals surface area contributed by atoms with Crippen molar-refractivity contribution in [1.82, 2.24) is 4.90 Å². The van der Waals surface area contributed by atoms with E-state index in [0.717, 1.165) is 5.56 Å². The summed E-state index contributed by atoms with van der Waals surface area (Å²) in [7, 11) is -1.70. The molecule has 0 N–H and O–H groups in total. The number of fused-ring (bicyclic) bond motifs is 3. The van der Waals surface area contributed by atoms with Crippen molar-refractivity contribution in [2.24, 2.45) is 0 Å². The number of methoxy groups -OCH3 is 1. The van der Waals surface area contributed by atoms with Crippen LogP contribution in [0.1, 0.15) is 38.3 Å². The average Bonchev–Trinajstić information content (AvgIpc) is 3.32. The number of rotatable bonds is 3. The molecule has 2 aromatic rings. The van der Waals surface area contributed by atoms with Crippen LogP contribution in [0.4, 0.5) is 0 Å². The predicted molar refractivity (Wildman–Crippen MR) is 115 cm³/mol. The highest BCUT2D eigenvalue weighted by Gasteiger charge is 2.38. The Labute approximate surface area is 185 Å². The quantitative estimate of drug-likeness (QED) is 0.514. The minimum absolute atomic E-state index is 0.107. The molecule has 0 aliphatic carbocycles. The van der Waals surface area contributed by atoms with E-state index in [1.807, 2.05) is 4.90 Å². The van der Waals surface area contributed by atoms with Gasteiger partial charge in [-0.15, -0.1) is 0 Å². The lowest BCUT2D eigenvalue weighted by atomic mass is 10.0. The van der Waals surface area contributed by atoms with Crippen LogP contribution in [0.2, 0.25) is 0 Å². The fourth-order valence-electron chi connectivity index (χ4n) is 4.26. The molecule has 3 aliphatic rings. The topological polar surface area (TPSA) is 99.2 Å². The first-order chi connectivity index (χ1) is 15.3. The lowest BCUT2D eigenvalue weighted by molar-refractivity contribution is 0.0600. The summed E-state index contributed by atoms with van der Waals surface area (Å²) in [4.78, 5) is 26.5. The van der Waals surface area contributed by atoms with E-state index >= 15 is 0 Å². The fraction of sp³-hybridized carbons (Fsp3) is 0.304. The summed E-state index contributed by atoms with van der Waals surface area (Å²) in [5.41, 5.74) is 2.31. The van der Waals surface area contributed by atoms with Gasteiger partial charge in [0.15, 0.2) is 15.6 Å². The van der Waals surface area contributed by atoms with E-state index in [-0.39, 0.29) is 29.1 Å². The summed E-state index contributed by atoms with van der Waals surface area (Å²) < 4.78 is 40.3. The van der Waals surface area contributed by atoms with Gasteiger partial charge in [0.25, 0.3) is 0 Å². The zero-order valence-corrected chi connectivity index (χ0v) is 18.2. The predicted octanol–water partition coefficient (Wildman–Crippen LogP) is 2.43. The number of carbonyl (C=O) groups excluding carboxylic acids is 2. The maximum atomic E-state index is 12.9. The van der Waals surface area contributed by atoms with E-state index in [1.165, 1.54) is 7.11 Å². The summed E-state index contributed by atoms with van der Waals surface area (Å²) in [6, 6.07) is 9.99. The highest BCUT2D eigenvalue weighted by Crippen LogP contribution is 2.42. The molecule has 1 fully saturated rings. The van der Waals surface area contributed by atoms with Gasteiger partial charge >= 0.3 is 5.97 Å². The lowest BCUT2D eigenvalue weighted by Gasteiger charge is -2.33. The molecule has 1 unspecified atom stereocenters. The van der Waals surface area contributed by atoms with Gasteiger partial charge in [-0.05, 0) is 42.3 Å². The second kappa shape index (κ2) is 7.75. The van der Waals surface area contributed by atoms with Crippen molar-refractivity contribution in [3.05, 3.63) is 64.4 Å². The maximum Gasteiger partial charge on any atom is 0.337 e. The van der Waals surface area contributed by atoms with Crippen LogP contribution in [0.3, 0.4) is 0 Å². The Morgan fingerprint density at radius 3 is 2.66 bits per heavy atom. The molecule has 32 heavy (non-hydrogen) atoms. The van der Waals surface area contributed by atoms with E-state index < -0.39 is 15.8 Å². The summed E-state index contributed by atoms with van der Waals surface area (Å²) in [6.45, 7) is 0.752. The summed E-state index contributed by atoms with van der Waals surface area (Å²) in [5.74, 6) is 0.904. The summed E-state index contributed by atoms with van der Waals surface area (Å²) in [6.07, 6.45) is 2.20. The van der Waals surface area contributed by atoms with Crippen LogP contribution in [0.25, 0.3) is 6.08 Å². The Hall–Kier alpha value is -3.17. The van der Waals surface area contributed by atoms with Crippen molar-refractivity contribution in [1.29, 1.82) is 0 Å². The van der Waals surface area contributed by atoms with Gasteiger partial charge in [-0.2, -0.15) is 0 Å². The van der Waals surface area contributed by atoms with Gasteiger partial charge in [0.05, 0.1) is 35.3 Å². The number of hydrogen-bond acceptors (Lipinski definition) is 8. The second-order valence-corrected chi connectivity index (χ2v) is 10.3. The molecule has 0 spiro atoms. The Morgan fingerprint density at radius 1 is 1.19 bits per heavy atom. The molecule has 3 aliphatic heterocycles. The molecular formula is C23H21NO7S. The first kappa shape index (κ1) is 20.7. The summed E-state index contributed by atoms with van der Waals surface area (Å²) in [5, 5.41) is 0. The van der Waals surface area contributed by atoms with Gasteiger partial charge < -0.3 is 14.2 Å². The number of sulfone groups is 1. The maximum absolute atomic E-state index is 12.9. The molecule has 8 nitrogen and oxygen atoms in total. The van der Waals surface area contributed by atoms with Crippen LogP contribution in [0.15, 0.2) is 42.2 Å². The molecule has 1 atom stereocenters. The van der Waals surface area contributed by atoms with Gasteiger partial charge in [-0.25, -0.2) is 13.2 Å². The third kappa shape index (κ3) is 3.67. The van der Waals surface area contributed by atoms with Gasteiger partial charge in [0, 0.05) is 12.6 Å². The summed E-state index contributed by atoms with van der Waals surface area (Å²) >= 11 is 0. The van der Waals surface area contributed by atoms with Crippen molar-refractivity contribution in [3.8, 4) is 11.5 Å². The molecule has 0 aromatic heterocycles. The molecule has 0 bridgehead atoms.